The van der Waals surface area contributed by atoms with Crippen LogP contribution in [0.2, 0.25) is 5.02 Å². The van der Waals surface area contributed by atoms with E-state index in [0.717, 1.165) is 11.1 Å². The summed E-state index contributed by atoms with van der Waals surface area (Å²) in [5.41, 5.74) is 2.18. The minimum atomic E-state index is -0.401. The topological polar surface area (TPSA) is 29.5 Å². The summed E-state index contributed by atoms with van der Waals surface area (Å²) in [5.74, 6) is 0.0723. The Bertz CT molecular complexity index is 1130. The molecule has 0 aliphatic carbocycles. The minimum absolute atomic E-state index is 0.0308. The average molecular weight is 470 g/mol. The summed E-state index contributed by atoms with van der Waals surface area (Å²) in [6.45, 7) is 0.483. The predicted octanol–water partition coefficient (Wildman–Crippen LogP) is 6.46. The van der Waals surface area contributed by atoms with E-state index in [4.69, 9.17) is 28.6 Å². The Hall–Kier alpha value is -2.67. The van der Waals surface area contributed by atoms with Crippen molar-refractivity contribution in [3.63, 3.8) is 0 Å². The Morgan fingerprint density at radius 3 is 2.48 bits per heavy atom. The van der Waals surface area contributed by atoms with Crippen molar-refractivity contribution < 1.29 is 13.9 Å². The number of hydrogen-bond acceptors (Lipinski definition) is 4. The van der Waals surface area contributed by atoms with Crippen LogP contribution >= 0.6 is 35.6 Å². The van der Waals surface area contributed by atoms with E-state index >= 15 is 0 Å². The van der Waals surface area contributed by atoms with Gasteiger partial charge in [0.05, 0.1) is 16.5 Å². The molecule has 1 heterocycles. The van der Waals surface area contributed by atoms with E-state index < -0.39 is 5.82 Å². The highest BCUT2D eigenvalue weighted by Gasteiger charge is 2.31. The first-order valence-corrected chi connectivity index (χ1v) is 11.1. The van der Waals surface area contributed by atoms with Crippen molar-refractivity contribution in [2.75, 3.05) is 0 Å². The monoisotopic (exact) mass is 469 g/mol. The number of thiocarbonyl (C=S) groups is 1. The molecule has 1 amide bonds. The van der Waals surface area contributed by atoms with Gasteiger partial charge < -0.3 is 4.74 Å². The lowest BCUT2D eigenvalue weighted by molar-refractivity contribution is -0.122. The van der Waals surface area contributed by atoms with Gasteiger partial charge in [0.2, 0.25) is 0 Å². The molecule has 0 unspecified atom stereocenters. The van der Waals surface area contributed by atoms with Gasteiger partial charge in [0.25, 0.3) is 5.91 Å². The molecule has 31 heavy (non-hydrogen) atoms. The maximum absolute atomic E-state index is 13.9. The number of benzene rings is 3. The highest BCUT2D eigenvalue weighted by atomic mass is 35.5. The van der Waals surface area contributed by atoms with Crippen LogP contribution in [-0.4, -0.2) is 15.1 Å². The van der Waals surface area contributed by atoms with Crippen molar-refractivity contribution in [2.45, 2.75) is 13.2 Å². The summed E-state index contributed by atoms with van der Waals surface area (Å²) in [4.78, 5) is 15.0. The van der Waals surface area contributed by atoms with Gasteiger partial charge in [-0.25, -0.2) is 4.39 Å². The van der Waals surface area contributed by atoms with E-state index in [1.54, 1.807) is 29.2 Å². The lowest BCUT2D eigenvalue weighted by Crippen LogP contribution is -2.27. The smallest absolute Gasteiger partial charge is 0.266 e. The summed E-state index contributed by atoms with van der Waals surface area (Å²) in [5, 5.41) is 0.328. The van der Waals surface area contributed by atoms with Crippen LogP contribution < -0.4 is 4.74 Å². The Morgan fingerprint density at radius 2 is 1.77 bits per heavy atom. The Morgan fingerprint density at radius 1 is 1.03 bits per heavy atom. The molecule has 1 aliphatic rings. The van der Waals surface area contributed by atoms with Crippen LogP contribution in [0.5, 0.6) is 5.75 Å². The van der Waals surface area contributed by atoms with E-state index in [-0.39, 0.29) is 12.5 Å². The number of ether oxygens (including phenoxy) is 1. The summed E-state index contributed by atoms with van der Waals surface area (Å²) >= 11 is 12.7. The first-order chi connectivity index (χ1) is 15.0. The Balaban J connectivity index is 1.42. The number of carbonyl (C=O) groups is 1. The largest absolute Gasteiger partial charge is 0.489 e. The first-order valence-electron chi connectivity index (χ1n) is 9.46. The van der Waals surface area contributed by atoms with Crippen LogP contribution in [0.1, 0.15) is 16.7 Å². The van der Waals surface area contributed by atoms with Crippen LogP contribution in [0.4, 0.5) is 4.39 Å². The van der Waals surface area contributed by atoms with Gasteiger partial charge in [0.15, 0.2) is 0 Å². The van der Waals surface area contributed by atoms with Gasteiger partial charge in [-0.3, -0.25) is 9.69 Å². The molecule has 156 valence electrons. The van der Waals surface area contributed by atoms with Gasteiger partial charge in [-0.2, -0.15) is 0 Å². The van der Waals surface area contributed by atoms with Gasteiger partial charge in [-0.1, -0.05) is 84.1 Å². The zero-order valence-corrected chi connectivity index (χ0v) is 18.6. The molecule has 3 nitrogen and oxygen atoms in total. The number of rotatable bonds is 6. The summed E-state index contributed by atoms with van der Waals surface area (Å²) in [7, 11) is 0. The van der Waals surface area contributed by atoms with Crippen LogP contribution in [0, 0.1) is 5.82 Å². The lowest BCUT2D eigenvalue weighted by Gasteiger charge is -2.14. The SMILES string of the molecule is O=C1/C(=C/c2ccc(OCc3c(F)cccc3Cl)cc2)SC(=S)N1Cc1ccccc1. The third kappa shape index (κ3) is 5.15. The van der Waals surface area contributed by atoms with Gasteiger partial charge >= 0.3 is 0 Å². The van der Waals surface area contributed by atoms with Crippen LogP contribution in [0.15, 0.2) is 77.7 Å². The standard InChI is InChI=1S/C24H17ClFNO2S2/c25-20-7-4-8-21(26)19(20)15-29-18-11-9-16(10-12-18)13-22-23(28)27(24(30)31-22)14-17-5-2-1-3-6-17/h1-13H,14-15H2/b22-13-. The van der Waals surface area contributed by atoms with E-state index in [0.29, 0.717) is 32.1 Å². The molecule has 1 aliphatic heterocycles. The van der Waals surface area contributed by atoms with Crippen LogP contribution in [0.3, 0.4) is 0 Å². The van der Waals surface area contributed by atoms with Crippen LogP contribution in [-0.2, 0) is 17.9 Å². The minimum Gasteiger partial charge on any atom is -0.489 e. The van der Waals surface area contributed by atoms with Gasteiger partial charge in [-0.15, -0.1) is 0 Å². The molecule has 3 aromatic rings. The number of carbonyl (C=O) groups excluding carboxylic acids is 1. The zero-order valence-electron chi connectivity index (χ0n) is 16.3. The molecule has 1 saturated heterocycles. The average Bonchev–Trinajstić information content (AvgIpc) is 3.02. The molecular weight excluding hydrogens is 453 g/mol. The lowest BCUT2D eigenvalue weighted by atomic mass is 10.2. The molecule has 0 radical (unpaired) electrons. The second-order valence-corrected chi connectivity index (χ2v) is 8.89. The second-order valence-electron chi connectivity index (χ2n) is 6.81. The second kappa shape index (κ2) is 9.64. The molecule has 3 aromatic carbocycles. The molecule has 0 aromatic heterocycles. The number of hydrogen-bond donors (Lipinski definition) is 0. The third-order valence-corrected chi connectivity index (χ3v) is 6.41. The highest BCUT2D eigenvalue weighted by molar-refractivity contribution is 8.26. The molecule has 7 heteroatoms. The zero-order chi connectivity index (χ0) is 21.8. The summed E-state index contributed by atoms with van der Waals surface area (Å²) in [6, 6.07) is 21.5. The number of thioether (sulfide) groups is 1. The molecule has 0 spiro atoms. The maximum Gasteiger partial charge on any atom is 0.266 e. The van der Waals surface area contributed by atoms with Crippen molar-refractivity contribution in [3.05, 3.63) is 105 Å². The molecule has 4 rings (SSSR count). The fourth-order valence-corrected chi connectivity index (χ4v) is 4.51. The van der Waals surface area contributed by atoms with Gasteiger partial charge in [-0.05, 0) is 41.5 Å². The molecular formula is C24H17ClFNO2S2. The van der Waals surface area contributed by atoms with Crippen molar-refractivity contribution in [1.29, 1.82) is 0 Å². The maximum atomic E-state index is 13.9. The Kier molecular flexibility index (Phi) is 6.70. The summed E-state index contributed by atoms with van der Waals surface area (Å²) in [6.07, 6.45) is 1.81. The highest BCUT2D eigenvalue weighted by Crippen LogP contribution is 2.34. The number of amides is 1. The fourth-order valence-electron chi connectivity index (χ4n) is 3.04. The molecule has 1 fully saturated rings. The molecule has 0 N–H and O–H groups in total. The normalized spacial score (nSPS) is 15.0. The quantitative estimate of drug-likeness (QED) is 0.306. The predicted molar refractivity (Wildman–Crippen MR) is 127 cm³/mol. The number of halogens is 2. The van der Waals surface area contributed by atoms with Crippen molar-refractivity contribution in [3.8, 4) is 5.75 Å². The van der Waals surface area contributed by atoms with Crippen molar-refractivity contribution >= 4 is 51.9 Å². The van der Waals surface area contributed by atoms with E-state index in [1.807, 2.05) is 48.5 Å². The van der Waals surface area contributed by atoms with E-state index in [2.05, 4.69) is 0 Å². The third-order valence-electron chi connectivity index (χ3n) is 4.68. The van der Waals surface area contributed by atoms with E-state index in [9.17, 15) is 9.18 Å². The number of nitrogens with zero attached hydrogens (tertiary/aromatic N) is 1. The summed E-state index contributed by atoms with van der Waals surface area (Å²) < 4.78 is 20.1. The van der Waals surface area contributed by atoms with Crippen molar-refractivity contribution in [2.24, 2.45) is 0 Å². The van der Waals surface area contributed by atoms with Crippen molar-refractivity contribution in [1.82, 2.24) is 4.90 Å². The van der Waals surface area contributed by atoms with Gasteiger partial charge in [0, 0.05) is 5.56 Å². The van der Waals surface area contributed by atoms with Crippen LogP contribution in [0.25, 0.3) is 6.08 Å². The molecule has 0 bridgehead atoms. The first kappa shape index (κ1) is 21.6. The molecule has 0 saturated carbocycles. The molecule has 0 atom stereocenters. The van der Waals surface area contributed by atoms with E-state index in [1.165, 1.54) is 17.8 Å². The fraction of sp³-hybridized carbons (Fsp3) is 0.0833. The van der Waals surface area contributed by atoms with Gasteiger partial charge in [0.1, 0.15) is 22.5 Å². The Labute approximate surface area is 194 Å².